The van der Waals surface area contributed by atoms with Gasteiger partial charge in [0.25, 0.3) is 10.0 Å². The van der Waals surface area contributed by atoms with E-state index in [0.717, 1.165) is 16.5 Å². The van der Waals surface area contributed by atoms with Gasteiger partial charge in [-0.15, -0.1) is 0 Å². The third-order valence-electron chi connectivity index (χ3n) is 5.80. The average molecular weight is 475 g/mol. The summed E-state index contributed by atoms with van der Waals surface area (Å²) >= 11 is 0. The summed E-state index contributed by atoms with van der Waals surface area (Å²) in [5.74, 6) is 0.130. The Morgan fingerprint density at radius 3 is 2.41 bits per heavy atom. The standard InChI is InChI=1S/C27H26N2O4S/c1-19-9-6-15-25(20(19)2)29(18-27(30)28-22-12-8-13-23(17-22)33-3)34(31,32)26-16-7-11-21-10-4-5-14-24(21)26/h4-17H,18H2,1-3H3,(H,28,30). The quantitative estimate of drug-likeness (QED) is 0.394. The number of methoxy groups -OCH3 is 1. The molecule has 7 heteroatoms. The molecular formula is C27H26N2O4S. The molecule has 0 bridgehead atoms. The van der Waals surface area contributed by atoms with Crippen molar-refractivity contribution in [1.82, 2.24) is 0 Å². The molecule has 1 N–H and O–H groups in total. The second-order valence-corrected chi connectivity index (χ2v) is 9.82. The van der Waals surface area contributed by atoms with Crippen LogP contribution in [0.5, 0.6) is 5.75 Å². The van der Waals surface area contributed by atoms with Gasteiger partial charge in [-0.05, 0) is 54.6 Å². The average Bonchev–Trinajstić information content (AvgIpc) is 2.84. The summed E-state index contributed by atoms with van der Waals surface area (Å²) < 4.78 is 34.4. The van der Waals surface area contributed by atoms with Gasteiger partial charge in [-0.25, -0.2) is 8.42 Å². The molecule has 6 nitrogen and oxygen atoms in total. The lowest BCUT2D eigenvalue weighted by Crippen LogP contribution is -2.38. The molecule has 0 aliphatic heterocycles. The fourth-order valence-corrected chi connectivity index (χ4v) is 5.57. The number of nitrogens with zero attached hydrogens (tertiary/aromatic N) is 1. The summed E-state index contributed by atoms with van der Waals surface area (Å²) in [6.45, 7) is 3.39. The Morgan fingerprint density at radius 2 is 1.62 bits per heavy atom. The van der Waals surface area contributed by atoms with Crippen LogP contribution in [0, 0.1) is 13.8 Å². The number of anilines is 2. The van der Waals surface area contributed by atoms with E-state index in [2.05, 4.69) is 5.32 Å². The van der Waals surface area contributed by atoms with Crippen LogP contribution in [-0.4, -0.2) is 28.0 Å². The molecule has 0 atom stereocenters. The molecule has 174 valence electrons. The lowest BCUT2D eigenvalue weighted by molar-refractivity contribution is -0.114. The van der Waals surface area contributed by atoms with Crippen LogP contribution in [0.25, 0.3) is 10.8 Å². The Morgan fingerprint density at radius 1 is 0.912 bits per heavy atom. The largest absolute Gasteiger partial charge is 0.497 e. The van der Waals surface area contributed by atoms with Gasteiger partial charge in [-0.3, -0.25) is 9.10 Å². The summed E-state index contributed by atoms with van der Waals surface area (Å²) in [6, 6.07) is 24.8. The maximum Gasteiger partial charge on any atom is 0.265 e. The van der Waals surface area contributed by atoms with Gasteiger partial charge in [0.2, 0.25) is 5.91 Å². The zero-order valence-corrected chi connectivity index (χ0v) is 20.1. The van der Waals surface area contributed by atoms with Crippen LogP contribution in [0.4, 0.5) is 11.4 Å². The third-order valence-corrected chi connectivity index (χ3v) is 7.62. The molecule has 0 unspecified atom stereocenters. The van der Waals surface area contributed by atoms with Gasteiger partial charge in [0.1, 0.15) is 12.3 Å². The molecule has 34 heavy (non-hydrogen) atoms. The number of nitrogens with one attached hydrogen (secondary N) is 1. The van der Waals surface area contributed by atoms with Crippen molar-refractivity contribution in [3.05, 3.63) is 96.1 Å². The monoisotopic (exact) mass is 474 g/mol. The summed E-state index contributed by atoms with van der Waals surface area (Å²) in [4.78, 5) is 13.2. The fraction of sp³-hybridized carbons (Fsp3) is 0.148. The normalized spacial score (nSPS) is 11.3. The topological polar surface area (TPSA) is 75.7 Å². The smallest absolute Gasteiger partial charge is 0.265 e. The van der Waals surface area contributed by atoms with Crippen LogP contribution in [-0.2, 0) is 14.8 Å². The number of fused-ring (bicyclic) bond motifs is 1. The predicted molar refractivity (Wildman–Crippen MR) is 136 cm³/mol. The number of aryl methyl sites for hydroxylation is 1. The molecule has 1 amide bonds. The van der Waals surface area contributed by atoms with Crippen molar-refractivity contribution in [2.24, 2.45) is 0 Å². The molecular weight excluding hydrogens is 448 g/mol. The summed E-state index contributed by atoms with van der Waals surface area (Å²) in [7, 11) is -2.53. The molecule has 0 heterocycles. The van der Waals surface area contributed by atoms with Crippen LogP contribution in [0.2, 0.25) is 0 Å². The molecule has 0 saturated carbocycles. The molecule has 0 radical (unpaired) electrons. The maximum absolute atomic E-state index is 14.0. The Labute approximate surface area is 199 Å². The minimum atomic E-state index is -4.07. The van der Waals surface area contributed by atoms with Crippen molar-refractivity contribution >= 4 is 38.1 Å². The summed E-state index contributed by atoms with van der Waals surface area (Å²) in [5.41, 5.74) is 2.71. The van der Waals surface area contributed by atoms with Gasteiger partial charge in [0.05, 0.1) is 17.7 Å². The minimum absolute atomic E-state index is 0.153. The van der Waals surface area contributed by atoms with Gasteiger partial charge in [-0.2, -0.15) is 0 Å². The van der Waals surface area contributed by atoms with Gasteiger partial charge >= 0.3 is 0 Å². The van der Waals surface area contributed by atoms with E-state index in [1.807, 2.05) is 38.1 Å². The first-order chi connectivity index (χ1) is 16.3. The predicted octanol–water partition coefficient (Wildman–Crippen LogP) is 5.30. The second-order valence-electron chi connectivity index (χ2n) is 7.99. The molecule has 4 rings (SSSR count). The van der Waals surface area contributed by atoms with E-state index in [1.54, 1.807) is 67.8 Å². The number of sulfonamides is 1. The number of benzene rings is 4. The number of rotatable bonds is 7. The van der Waals surface area contributed by atoms with E-state index in [0.29, 0.717) is 22.5 Å². The molecule has 0 aromatic heterocycles. The highest BCUT2D eigenvalue weighted by molar-refractivity contribution is 7.93. The summed E-state index contributed by atoms with van der Waals surface area (Å²) in [5, 5.41) is 4.20. The van der Waals surface area contributed by atoms with Gasteiger partial charge in [-0.1, -0.05) is 54.6 Å². The first-order valence-electron chi connectivity index (χ1n) is 10.8. The molecule has 0 aliphatic carbocycles. The van der Waals surface area contributed by atoms with Crippen molar-refractivity contribution in [3.63, 3.8) is 0 Å². The van der Waals surface area contributed by atoms with Crippen molar-refractivity contribution in [3.8, 4) is 5.75 Å². The third kappa shape index (κ3) is 4.61. The number of hydrogen-bond donors (Lipinski definition) is 1. The molecule has 0 aliphatic rings. The van der Waals surface area contributed by atoms with Crippen LogP contribution in [0.15, 0.2) is 89.8 Å². The number of hydrogen-bond acceptors (Lipinski definition) is 4. The van der Waals surface area contributed by atoms with E-state index in [-0.39, 0.29) is 11.4 Å². The van der Waals surface area contributed by atoms with Crippen molar-refractivity contribution < 1.29 is 17.9 Å². The van der Waals surface area contributed by atoms with Crippen LogP contribution < -0.4 is 14.4 Å². The van der Waals surface area contributed by atoms with Crippen LogP contribution in [0.3, 0.4) is 0 Å². The Hall–Kier alpha value is -3.84. The van der Waals surface area contributed by atoms with Crippen molar-refractivity contribution in [1.29, 1.82) is 0 Å². The zero-order valence-electron chi connectivity index (χ0n) is 19.3. The highest BCUT2D eigenvalue weighted by Gasteiger charge is 2.30. The number of ether oxygens (including phenoxy) is 1. The minimum Gasteiger partial charge on any atom is -0.497 e. The SMILES string of the molecule is COc1cccc(NC(=O)CN(c2cccc(C)c2C)S(=O)(=O)c2cccc3ccccc23)c1. The van der Waals surface area contributed by atoms with Crippen molar-refractivity contribution in [2.75, 3.05) is 23.3 Å². The van der Waals surface area contributed by atoms with Crippen LogP contribution in [0.1, 0.15) is 11.1 Å². The van der Waals surface area contributed by atoms with Gasteiger partial charge in [0, 0.05) is 17.1 Å². The van der Waals surface area contributed by atoms with Crippen LogP contribution >= 0.6 is 0 Å². The van der Waals surface area contributed by atoms with Gasteiger partial charge < -0.3 is 10.1 Å². The Balaban J connectivity index is 1.78. The highest BCUT2D eigenvalue weighted by atomic mass is 32.2. The highest BCUT2D eigenvalue weighted by Crippen LogP contribution is 2.32. The van der Waals surface area contributed by atoms with E-state index >= 15 is 0 Å². The lowest BCUT2D eigenvalue weighted by atomic mass is 10.1. The van der Waals surface area contributed by atoms with E-state index in [1.165, 1.54) is 4.31 Å². The van der Waals surface area contributed by atoms with Crippen molar-refractivity contribution in [2.45, 2.75) is 18.7 Å². The van der Waals surface area contributed by atoms with E-state index in [4.69, 9.17) is 4.74 Å². The Bertz CT molecular complexity index is 1460. The lowest BCUT2D eigenvalue weighted by Gasteiger charge is -2.27. The molecule has 0 spiro atoms. The molecule has 4 aromatic carbocycles. The molecule has 4 aromatic rings. The maximum atomic E-state index is 14.0. The van der Waals surface area contributed by atoms with E-state index in [9.17, 15) is 13.2 Å². The molecule has 0 fully saturated rings. The first-order valence-corrected chi connectivity index (χ1v) is 12.3. The summed E-state index contributed by atoms with van der Waals surface area (Å²) in [6.07, 6.45) is 0. The first kappa shape index (κ1) is 23.3. The Kier molecular flexibility index (Phi) is 6.56. The number of amides is 1. The number of carbonyl (C=O) groups excluding carboxylic acids is 1. The molecule has 0 saturated heterocycles. The zero-order chi connectivity index (χ0) is 24.3. The fourth-order valence-electron chi connectivity index (χ4n) is 3.88. The second kappa shape index (κ2) is 9.57. The number of carbonyl (C=O) groups is 1. The van der Waals surface area contributed by atoms with E-state index < -0.39 is 15.9 Å². The van der Waals surface area contributed by atoms with Gasteiger partial charge in [0.15, 0.2) is 0 Å².